The first-order valence-electron chi connectivity index (χ1n) is 10.4. The Kier molecular flexibility index (Phi) is 5.25. The number of carbonyl (C=O) groups is 2. The summed E-state index contributed by atoms with van der Waals surface area (Å²) in [4.78, 5) is 38.3. The van der Waals surface area contributed by atoms with Crippen LogP contribution in [0.2, 0.25) is 0 Å². The van der Waals surface area contributed by atoms with Crippen LogP contribution in [0.25, 0.3) is 0 Å². The Bertz CT molecular complexity index is 900. The van der Waals surface area contributed by atoms with E-state index in [1.54, 1.807) is 18.5 Å². The number of anilines is 1. The molecular weight excluding hydrogens is 368 g/mol. The van der Waals surface area contributed by atoms with Gasteiger partial charge in [0, 0.05) is 70.5 Å². The van der Waals surface area contributed by atoms with Crippen LogP contribution in [0.1, 0.15) is 49.3 Å². The van der Waals surface area contributed by atoms with Gasteiger partial charge in [-0.1, -0.05) is 6.92 Å². The zero-order valence-corrected chi connectivity index (χ0v) is 17.1. The number of pyridine rings is 1. The molecule has 0 unspecified atom stereocenters. The van der Waals surface area contributed by atoms with Gasteiger partial charge in [-0.05, 0) is 19.1 Å². The van der Waals surface area contributed by atoms with Gasteiger partial charge in [0.1, 0.15) is 17.3 Å². The Morgan fingerprint density at radius 2 is 2.00 bits per heavy atom. The van der Waals surface area contributed by atoms with Crippen molar-refractivity contribution in [1.29, 1.82) is 0 Å². The zero-order valence-electron chi connectivity index (χ0n) is 17.1. The van der Waals surface area contributed by atoms with Crippen molar-refractivity contribution in [1.82, 2.24) is 24.8 Å². The van der Waals surface area contributed by atoms with Crippen molar-refractivity contribution in [3.63, 3.8) is 0 Å². The second-order valence-electron chi connectivity index (χ2n) is 7.63. The maximum atomic E-state index is 12.8. The third kappa shape index (κ3) is 3.47. The number of rotatable bonds is 5. The lowest BCUT2D eigenvalue weighted by atomic mass is 9.91. The summed E-state index contributed by atoms with van der Waals surface area (Å²) in [5.74, 6) is 1.82. The molecule has 1 saturated heterocycles. The van der Waals surface area contributed by atoms with Crippen LogP contribution >= 0.6 is 0 Å². The van der Waals surface area contributed by atoms with E-state index in [9.17, 15) is 9.59 Å². The predicted molar refractivity (Wildman–Crippen MR) is 109 cm³/mol. The van der Waals surface area contributed by atoms with Gasteiger partial charge in [-0.3, -0.25) is 9.59 Å². The second-order valence-corrected chi connectivity index (χ2v) is 7.63. The highest BCUT2D eigenvalue weighted by atomic mass is 16.2. The number of likely N-dealkylation sites (tertiary alicyclic amines) is 1. The van der Waals surface area contributed by atoms with E-state index in [1.807, 2.05) is 21.7 Å². The molecule has 0 aliphatic carbocycles. The first kappa shape index (κ1) is 19.4. The molecular formula is C21H28N6O2. The Morgan fingerprint density at radius 3 is 2.72 bits per heavy atom. The van der Waals surface area contributed by atoms with Crippen molar-refractivity contribution in [2.45, 2.75) is 51.7 Å². The van der Waals surface area contributed by atoms with E-state index in [2.05, 4.69) is 34.0 Å². The molecule has 1 fully saturated rings. The van der Waals surface area contributed by atoms with E-state index in [-0.39, 0.29) is 11.8 Å². The molecule has 2 aliphatic rings. The van der Waals surface area contributed by atoms with Crippen LogP contribution in [0.5, 0.6) is 0 Å². The lowest BCUT2D eigenvalue weighted by molar-refractivity contribution is -0.133. The van der Waals surface area contributed by atoms with Crippen LogP contribution in [0.3, 0.4) is 0 Å². The predicted octanol–water partition coefficient (Wildman–Crippen LogP) is 1.82. The number of carbonyl (C=O) groups excluding carboxylic acids is 2. The molecule has 0 aromatic carbocycles. The minimum absolute atomic E-state index is 0.0789. The van der Waals surface area contributed by atoms with Gasteiger partial charge in [0.2, 0.25) is 5.91 Å². The average Bonchev–Trinajstić information content (AvgIpc) is 3.20. The number of nitrogens with zero attached hydrogens (tertiary/aromatic N) is 5. The van der Waals surface area contributed by atoms with E-state index in [0.717, 1.165) is 24.6 Å². The van der Waals surface area contributed by atoms with E-state index < -0.39 is 5.66 Å². The van der Waals surface area contributed by atoms with Gasteiger partial charge in [-0.15, -0.1) is 0 Å². The normalized spacial score (nSPS) is 17.9. The van der Waals surface area contributed by atoms with Crippen LogP contribution in [-0.2, 0) is 17.8 Å². The molecule has 8 nitrogen and oxygen atoms in total. The number of aryl methyl sites for hydroxylation is 2. The maximum Gasteiger partial charge on any atom is 0.256 e. The number of amides is 2. The number of fused-ring (bicyclic) bond motifs is 1. The van der Waals surface area contributed by atoms with Gasteiger partial charge in [-0.25, -0.2) is 9.97 Å². The first-order valence-corrected chi connectivity index (χ1v) is 10.4. The fraction of sp³-hybridized carbons (Fsp3) is 0.524. The third-order valence-corrected chi connectivity index (χ3v) is 6.09. The molecule has 1 N–H and O–H groups in total. The van der Waals surface area contributed by atoms with Crippen LogP contribution in [0, 0.1) is 0 Å². The minimum Gasteiger partial charge on any atom is -0.342 e. The number of piperidine rings is 1. The molecule has 2 aromatic rings. The van der Waals surface area contributed by atoms with Crippen molar-refractivity contribution in [2.24, 2.45) is 0 Å². The monoisotopic (exact) mass is 396 g/mol. The van der Waals surface area contributed by atoms with Crippen LogP contribution in [0.15, 0.2) is 30.7 Å². The quantitative estimate of drug-likeness (QED) is 0.834. The molecule has 0 saturated carbocycles. The Labute approximate surface area is 170 Å². The molecule has 0 atom stereocenters. The summed E-state index contributed by atoms with van der Waals surface area (Å²) in [7, 11) is 0. The number of aromatic nitrogens is 3. The summed E-state index contributed by atoms with van der Waals surface area (Å²) in [5.41, 5.74) is 0.148. The summed E-state index contributed by atoms with van der Waals surface area (Å²) in [5, 5.41) is 3.21. The molecule has 1 spiro atoms. The molecule has 154 valence electrons. The largest absolute Gasteiger partial charge is 0.342 e. The summed E-state index contributed by atoms with van der Waals surface area (Å²) in [6.45, 7) is 6.80. The molecule has 2 amide bonds. The van der Waals surface area contributed by atoms with E-state index in [4.69, 9.17) is 0 Å². The first-order chi connectivity index (χ1) is 14.1. The molecule has 4 heterocycles. The number of hydrogen-bond acceptors (Lipinski definition) is 5. The van der Waals surface area contributed by atoms with Gasteiger partial charge in [0.15, 0.2) is 0 Å². The zero-order chi connectivity index (χ0) is 20.4. The topological polar surface area (TPSA) is 83.4 Å². The van der Waals surface area contributed by atoms with E-state index >= 15 is 0 Å². The smallest absolute Gasteiger partial charge is 0.256 e. The molecule has 2 aromatic heterocycles. The van der Waals surface area contributed by atoms with Gasteiger partial charge in [0.05, 0.1) is 5.56 Å². The van der Waals surface area contributed by atoms with E-state index in [1.165, 1.54) is 0 Å². The van der Waals surface area contributed by atoms with Crippen LogP contribution in [-0.4, -0.2) is 56.5 Å². The van der Waals surface area contributed by atoms with Crippen molar-refractivity contribution in [3.05, 3.63) is 42.1 Å². The molecule has 8 heteroatoms. The van der Waals surface area contributed by atoms with Crippen molar-refractivity contribution in [2.75, 3.05) is 24.5 Å². The van der Waals surface area contributed by atoms with Crippen molar-refractivity contribution < 1.29 is 9.59 Å². The standard InChI is InChI=1S/C21H28N6O2/c1-3-17-22-11-15-25(17)12-7-18(28)26-13-8-21(9-14-26)24-20(29)16-6-5-10-23-19(16)27(21)4-2/h5-6,10-11,15H,3-4,7-9,12-14H2,1-2H3,(H,24,29). The fourth-order valence-corrected chi connectivity index (χ4v) is 4.54. The van der Waals surface area contributed by atoms with Crippen molar-refractivity contribution in [3.8, 4) is 0 Å². The minimum atomic E-state index is -0.469. The highest BCUT2D eigenvalue weighted by Crippen LogP contribution is 2.35. The molecule has 4 rings (SSSR count). The van der Waals surface area contributed by atoms with Crippen molar-refractivity contribution >= 4 is 17.6 Å². The van der Waals surface area contributed by atoms with Crippen LogP contribution in [0.4, 0.5) is 5.82 Å². The highest BCUT2D eigenvalue weighted by Gasteiger charge is 2.46. The van der Waals surface area contributed by atoms with E-state index in [0.29, 0.717) is 44.5 Å². The maximum absolute atomic E-state index is 12.8. The Hall–Kier alpha value is -2.90. The lowest BCUT2D eigenvalue weighted by Gasteiger charge is -2.51. The number of nitrogens with one attached hydrogen (secondary N) is 1. The van der Waals surface area contributed by atoms with Gasteiger partial charge in [-0.2, -0.15) is 0 Å². The van der Waals surface area contributed by atoms with Gasteiger partial charge >= 0.3 is 0 Å². The second kappa shape index (κ2) is 7.85. The summed E-state index contributed by atoms with van der Waals surface area (Å²) in [6, 6.07) is 3.60. The summed E-state index contributed by atoms with van der Waals surface area (Å²) >= 11 is 0. The molecule has 0 radical (unpaired) electrons. The fourth-order valence-electron chi connectivity index (χ4n) is 4.54. The summed E-state index contributed by atoms with van der Waals surface area (Å²) in [6.07, 6.45) is 8.15. The number of imidazole rings is 1. The Balaban J connectivity index is 1.42. The third-order valence-electron chi connectivity index (χ3n) is 6.09. The summed E-state index contributed by atoms with van der Waals surface area (Å²) < 4.78 is 2.05. The van der Waals surface area contributed by atoms with Gasteiger partial charge < -0.3 is 19.7 Å². The van der Waals surface area contributed by atoms with Gasteiger partial charge in [0.25, 0.3) is 5.91 Å². The highest BCUT2D eigenvalue weighted by molar-refractivity contribution is 6.01. The average molecular weight is 396 g/mol. The molecule has 29 heavy (non-hydrogen) atoms. The lowest BCUT2D eigenvalue weighted by Crippen LogP contribution is -2.68. The SMILES string of the molecule is CCc1nccn1CCC(=O)N1CCC2(CC1)NC(=O)c1cccnc1N2CC. The molecule has 0 bridgehead atoms. The molecule has 2 aliphatic heterocycles. The Morgan fingerprint density at radius 1 is 1.21 bits per heavy atom. The van der Waals surface area contributed by atoms with Crippen LogP contribution < -0.4 is 10.2 Å². The number of hydrogen-bond donors (Lipinski definition) is 1.